The first-order valence-electron chi connectivity index (χ1n) is 20.0. The van der Waals surface area contributed by atoms with Gasteiger partial charge in [0.2, 0.25) is 11.8 Å². The molecule has 2 spiro atoms. The second kappa shape index (κ2) is 20.2. The first-order valence-corrected chi connectivity index (χ1v) is 20.0. The van der Waals surface area contributed by atoms with Gasteiger partial charge < -0.3 is 29.8 Å². The van der Waals surface area contributed by atoms with E-state index in [4.69, 9.17) is 14.7 Å². The molecule has 4 aromatic rings. The fourth-order valence-electron chi connectivity index (χ4n) is 8.67. The number of H-pyrrole nitrogens is 2. The Hall–Kier alpha value is -3.36. The average Bonchev–Trinajstić information content (AvgIpc) is 3.80. The molecule has 16 heteroatoms. The third-order valence-electron chi connectivity index (χ3n) is 13.0. The summed E-state index contributed by atoms with van der Waals surface area (Å²) >= 11 is 0. The minimum absolute atomic E-state index is 0. The quantitative estimate of drug-likeness (QED) is 0.145. The Kier molecular flexibility index (Phi) is 17.2. The molecule has 4 fully saturated rings. The maximum absolute atomic E-state index is 13.8. The zero-order valence-electron chi connectivity index (χ0n) is 35.4. The molecular formula is C44H63N7O4S5. The summed E-state index contributed by atoms with van der Waals surface area (Å²) in [6.45, 7) is 11.8. The number of aromatic nitrogens is 4. The van der Waals surface area contributed by atoms with Crippen molar-refractivity contribution in [2.45, 2.75) is 97.7 Å². The number of aromatic amines is 2. The topological polar surface area (TPSA) is 136 Å². The van der Waals surface area contributed by atoms with Crippen LogP contribution in [0.15, 0.2) is 48.7 Å². The molecule has 0 radical (unpaired) electrons. The van der Waals surface area contributed by atoms with Gasteiger partial charge in [-0.25, -0.2) is 14.8 Å². The molecule has 11 nitrogen and oxygen atoms in total. The maximum Gasteiger partial charge on any atom is 0.407 e. The van der Waals surface area contributed by atoms with Crippen LogP contribution in [-0.4, -0.2) is 73.9 Å². The summed E-state index contributed by atoms with van der Waals surface area (Å²) in [5.41, 5.74) is 5.84. The first-order chi connectivity index (χ1) is 26.4. The lowest BCUT2D eigenvalue weighted by atomic mass is 9.92. The van der Waals surface area contributed by atoms with Crippen LogP contribution in [0.1, 0.15) is 114 Å². The second-order valence-electron chi connectivity index (χ2n) is 17.3. The highest BCUT2D eigenvalue weighted by Gasteiger charge is 2.56. The summed E-state index contributed by atoms with van der Waals surface area (Å²) in [7, 11) is 1.31. The Balaban J connectivity index is 0.00000192. The van der Waals surface area contributed by atoms with Crippen molar-refractivity contribution in [3.05, 3.63) is 71.4 Å². The van der Waals surface area contributed by atoms with Crippen LogP contribution in [0.4, 0.5) is 4.79 Å². The van der Waals surface area contributed by atoms with Gasteiger partial charge >= 0.3 is 6.09 Å². The Morgan fingerprint density at radius 3 is 1.95 bits per heavy atom. The molecule has 2 saturated carbocycles. The highest BCUT2D eigenvalue weighted by molar-refractivity contribution is 7.60. The van der Waals surface area contributed by atoms with Crippen LogP contribution in [0.2, 0.25) is 0 Å². The minimum Gasteiger partial charge on any atom is -0.453 e. The lowest BCUT2D eigenvalue weighted by Crippen LogP contribution is -2.51. The largest absolute Gasteiger partial charge is 0.453 e. The number of carbonyl (C=O) groups is 3. The molecule has 4 aliphatic rings. The number of likely N-dealkylation sites (tertiary alicyclic amines) is 2. The second-order valence-corrected chi connectivity index (χ2v) is 17.3. The number of methoxy groups -OCH3 is 1. The normalized spacial score (nSPS) is 20.2. The summed E-state index contributed by atoms with van der Waals surface area (Å²) in [6.07, 6.45) is 8.61. The third-order valence-corrected chi connectivity index (χ3v) is 13.0. The van der Waals surface area contributed by atoms with Crippen molar-refractivity contribution in [1.82, 2.24) is 35.1 Å². The summed E-state index contributed by atoms with van der Waals surface area (Å²) in [5.74, 6) is 8.66. The number of nitrogens with one attached hydrogen (secondary N) is 3. The zero-order chi connectivity index (χ0) is 38.6. The molecule has 3 N–H and O–H groups in total. The van der Waals surface area contributed by atoms with Gasteiger partial charge in [-0.15, -0.1) is 0 Å². The van der Waals surface area contributed by atoms with Gasteiger partial charge in [0.05, 0.1) is 42.1 Å². The van der Waals surface area contributed by atoms with Gasteiger partial charge in [0.1, 0.15) is 17.7 Å². The molecule has 2 aliphatic heterocycles. The van der Waals surface area contributed by atoms with Gasteiger partial charge in [-0.1, -0.05) is 65.0 Å². The number of alkyl carbamates (subject to hydrolysis) is 1. The van der Waals surface area contributed by atoms with Crippen molar-refractivity contribution in [3.8, 4) is 23.1 Å². The van der Waals surface area contributed by atoms with Gasteiger partial charge in [-0.2, -0.15) is 67.5 Å². The van der Waals surface area contributed by atoms with Crippen molar-refractivity contribution in [3.63, 3.8) is 0 Å². The van der Waals surface area contributed by atoms with Crippen LogP contribution < -0.4 is 5.32 Å². The van der Waals surface area contributed by atoms with E-state index in [1.54, 1.807) is 0 Å². The monoisotopic (exact) mass is 913 g/mol. The highest BCUT2D eigenvalue weighted by Crippen LogP contribution is 2.59. The van der Waals surface area contributed by atoms with Crippen LogP contribution in [0.25, 0.3) is 22.3 Å². The number of ether oxygens (including phenoxy) is 1. The van der Waals surface area contributed by atoms with Crippen LogP contribution >= 0.6 is 67.5 Å². The number of carbonyl (C=O) groups excluding carboxylic acids is 3. The lowest BCUT2D eigenvalue weighted by Gasteiger charge is -2.30. The Labute approximate surface area is 389 Å². The summed E-state index contributed by atoms with van der Waals surface area (Å²) in [4.78, 5) is 60.4. The molecule has 328 valence electrons. The lowest BCUT2D eigenvalue weighted by molar-refractivity contribution is -0.138. The van der Waals surface area contributed by atoms with E-state index in [2.05, 4.69) is 52.8 Å². The molecule has 4 heterocycles. The molecule has 2 aromatic heterocycles. The summed E-state index contributed by atoms with van der Waals surface area (Å²) in [5, 5.41) is 2.74. The van der Waals surface area contributed by atoms with E-state index in [1.165, 1.54) is 20.0 Å². The molecule has 0 bridgehead atoms. The fourth-order valence-corrected chi connectivity index (χ4v) is 8.67. The molecule has 0 unspecified atom stereocenters. The number of benzene rings is 2. The smallest absolute Gasteiger partial charge is 0.407 e. The van der Waals surface area contributed by atoms with Gasteiger partial charge in [-0.3, -0.25) is 9.59 Å². The van der Waals surface area contributed by atoms with Crippen LogP contribution in [-0.2, 0) is 14.3 Å². The average molecular weight is 914 g/mol. The van der Waals surface area contributed by atoms with Crippen molar-refractivity contribution >= 4 is 96.4 Å². The minimum atomic E-state index is -0.677. The third kappa shape index (κ3) is 10.3. The number of imidazole rings is 2. The number of fused-ring (bicyclic) bond motifs is 1. The molecule has 5 atom stereocenters. The van der Waals surface area contributed by atoms with Crippen molar-refractivity contribution in [2.24, 2.45) is 28.6 Å². The van der Waals surface area contributed by atoms with Crippen LogP contribution in [0.5, 0.6) is 0 Å². The number of rotatable bonds is 9. The molecule has 60 heavy (non-hydrogen) atoms. The van der Waals surface area contributed by atoms with E-state index in [0.717, 1.165) is 83.7 Å². The molecule has 2 aromatic carbocycles. The summed E-state index contributed by atoms with van der Waals surface area (Å²) in [6, 6.07) is 13.3. The van der Waals surface area contributed by atoms with Gasteiger partial charge in [-0.05, 0) is 97.1 Å². The first kappa shape index (κ1) is 51.0. The molecule has 8 rings (SSSR count). The molecule has 2 aliphatic carbocycles. The number of hydrogen-bond donors (Lipinski definition) is 3. The highest BCUT2D eigenvalue weighted by atomic mass is 32.1. The Bertz CT molecular complexity index is 2190. The summed E-state index contributed by atoms with van der Waals surface area (Å²) < 4.78 is 4.81. The SMILES string of the molecule is CC[C@H](C)[C@H](C)C(=O)N1CC2(CC2)C[C@H]1c1nc2ccc(C#Cc3ccc(-c4cnc([C@@H]5CC6(CC6)CN5C(=O)[C@@H](NC(=O)OC)C(C)C)[nH]4)cc3)cc2[nH]1.S.S.S.S.S. The number of amides is 3. The van der Waals surface area contributed by atoms with Crippen molar-refractivity contribution in [1.29, 1.82) is 0 Å². The van der Waals surface area contributed by atoms with Crippen LogP contribution in [0, 0.1) is 40.4 Å². The van der Waals surface area contributed by atoms with E-state index in [0.29, 0.717) is 12.5 Å². The fraction of sp³-hybridized carbons (Fsp3) is 0.523. The van der Waals surface area contributed by atoms with Gasteiger partial charge in [0.25, 0.3) is 0 Å². The van der Waals surface area contributed by atoms with E-state index in [1.807, 2.05) is 67.4 Å². The van der Waals surface area contributed by atoms with E-state index in [9.17, 15) is 14.4 Å². The molecular weight excluding hydrogens is 851 g/mol. The number of nitrogens with zero attached hydrogens (tertiary/aromatic N) is 4. The van der Waals surface area contributed by atoms with E-state index in [-0.39, 0.29) is 114 Å². The van der Waals surface area contributed by atoms with Gasteiger partial charge in [0.15, 0.2) is 0 Å². The maximum atomic E-state index is 13.8. The Morgan fingerprint density at radius 1 is 0.817 bits per heavy atom. The van der Waals surface area contributed by atoms with Crippen molar-refractivity contribution in [2.75, 3.05) is 20.2 Å². The number of hydrogen-bond acceptors (Lipinski definition) is 6. The van der Waals surface area contributed by atoms with Crippen molar-refractivity contribution < 1.29 is 19.1 Å². The molecule has 3 amide bonds. The van der Waals surface area contributed by atoms with E-state index >= 15 is 0 Å². The standard InChI is InChI=1S/C44H53N7O4.5H2S/c1-7-27(4)28(5)40(52)50-24-44(18-19-44)22-36(50)39-46-32-15-12-30(20-33(32)47-39)9-8-29-10-13-31(14-11-29)34-23-45-38(48-34)35-21-43(16-17-43)25-51(35)41(53)37(26(2)3)49-42(54)55-6;;;;;/h10-15,20,23,26-28,35-37H,7,16-19,21-22,24-25H2,1-6H3,(H,45,48)(H,46,47)(H,49,54);5*1H2/t27-,28-,35-,36-,37-;;;;;/m0...../s1. The predicted molar refractivity (Wildman–Crippen MR) is 262 cm³/mol. The zero-order valence-corrected chi connectivity index (χ0v) is 40.4. The van der Waals surface area contributed by atoms with E-state index < -0.39 is 12.1 Å². The molecule has 2 saturated heterocycles. The predicted octanol–water partition coefficient (Wildman–Crippen LogP) is 8.09. The van der Waals surface area contributed by atoms with Gasteiger partial charge in [0, 0.05) is 30.1 Å². The Morgan fingerprint density at radius 2 is 1.38 bits per heavy atom. The van der Waals surface area contributed by atoms with Crippen LogP contribution in [0.3, 0.4) is 0 Å².